The molecule has 0 aliphatic heterocycles. The number of carbonyl (C=O) groups is 2. The summed E-state index contributed by atoms with van der Waals surface area (Å²) in [5.41, 5.74) is 4.72. The Kier molecular flexibility index (Phi) is 8.54. The molecule has 0 bridgehead atoms. The molecule has 1 aromatic carbocycles. The van der Waals surface area contributed by atoms with Crippen LogP contribution in [0.2, 0.25) is 0 Å². The number of pyridine rings is 1. The van der Waals surface area contributed by atoms with E-state index >= 15 is 0 Å². The summed E-state index contributed by atoms with van der Waals surface area (Å²) in [5.74, 6) is -0.714. The molecule has 35 heavy (non-hydrogen) atoms. The first-order valence-electron chi connectivity index (χ1n) is 11.2. The van der Waals surface area contributed by atoms with E-state index in [1.807, 2.05) is 32.0 Å². The van der Waals surface area contributed by atoms with Gasteiger partial charge in [-0.2, -0.15) is 5.26 Å². The molecule has 2 aromatic heterocycles. The van der Waals surface area contributed by atoms with Crippen LogP contribution in [0.5, 0.6) is 0 Å². The zero-order valence-corrected chi connectivity index (χ0v) is 20.3. The lowest BCUT2D eigenvalue weighted by Gasteiger charge is -2.17. The quantitative estimate of drug-likeness (QED) is 0.359. The van der Waals surface area contributed by atoms with E-state index in [1.165, 1.54) is 0 Å². The van der Waals surface area contributed by atoms with Crippen LogP contribution in [0.3, 0.4) is 0 Å². The van der Waals surface area contributed by atoms with Gasteiger partial charge in [0.15, 0.2) is 0 Å². The van der Waals surface area contributed by atoms with Crippen molar-refractivity contribution in [3.8, 4) is 6.07 Å². The molecule has 1 atom stereocenters. The highest BCUT2D eigenvalue weighted by molar-refractivity contribution is 6.04. The number of amides is 2. The summed E-state index contributed by atoms with van der Waals surface area (Å²) in [4.78, 5) is 29.0. The smallest absolute Gasteiger partial charge is 0.262 e. The first-order valence-corrected chi connectivity index (χ1v) is 11.2. The second-order valence-corrected chi connectivity index (χ2v) is 8.24. The Morgan fingerprint density at radius 2 is 1.94 bits per heavy atom. The molecule has 0 radical (unpaired) electrons. The maximum atomic E-state index is 12.7. The van der Waals surface area contributed by atoms with Crippen molar-refractivity contribution in [1.29, 1.82) is 5.26 Å². The number of carbonyl (C=O) groups excluding carboxylic acids is 2. The van der Waals surface area contributed by atoms with Crippen LogP contribution >= 0.6 is 0 Å². The standard InChI is InChI=1S/C27H29N5O3/c1-18-12-23(20(3)32(18)19(2)17-35-4)14-24(15-28)26(33)30-16-21-6-5-7-25(13-21)31-27(34)22-8-10-29-11-9-22/h5-14,19H,16-17H2,1-4H3,(H,30,33)(H,31,34)/b24-14+. The fraction of sp³-hybridized carbons (Fsp3) is 0.259. The summed E-state index contributed by atoms with van der Waals surface area (Å²) < 4.78 is 7.40. The molecule has 1 unspecified atom stereocenters. The summed E-state index contributed by atoms with van der Waals surface area (Å²) in [6.45, 7) is 6.78. The van der Waals surface area contributed by atoms with Gasteiger partial charge in [0.05, 0.1) is 12.6 Å². The monoisotopic (exact) mass is 471 g/mol. The first-order chi connectivity index (χ1) is 16.8. The van der Waals surface area contributed by atoms with Crippen molar-refractivity contribution in [3.05, 3.63) is 88.5 Å². The van der Waals surface area contributed by atoms with Crippen molar-refractivity contribution < 1.29 is 14.3 Å². The number of hydrogen-bond donors (Lipinski definition) is 2. The van der Waals surface area contributed by atoms with Crippen LogP contribution in [0.1, 0.15) is 45.8 Å². The summed E-state index contributed by atoms with van der Waals surface area (Å²) in [6.07, 6.45) is 4.72. The number of nitrogens with one attached hydrogen (secondary N) is 2. The lowest BCUT2D eigenvalue weighted by atomic mass is 10.1. The number of methoxy groups -OCH3 is 1. The number of aryl methyl sites for hydroxylation is 1. The van der Waals surface area contributed by atoms with Gasteiger partial charge in [-0.15, -0.1) is 0 Å². The van der Waals surface area contributed by atoms with Crippen molar-refractivity contribution >= 4 is 23.6 Å². The van der Waals surface area contributed by atoms with E-state index in [4.69, 9.17) is 4.74 Å². The van der Waals surface area contributed by atoms with Crippen LogP contribution in [0.15, 0.2) is 60.4 Å². The summed E-state index contributed by atoms with van der Waals surface area (Å²) in [6, 6.07) is 14.5. The highest BCUT2D eigenvalue weighted by Gasteiger charge is 2.16. The van der Waals surface area contributed by atoms with E-state index in [0.717, 1.165) is 22.5 Å². The summed E-state index contributed by atoms with van der Waals surface area (Å²) >= 11 is 0. The lowest BCUT2D eigenvalue weighted by Crippen LogP contribution is -2.24. The fourth-order valence-corrected chi connectivity index (χ4v) is 3.99. The highest BCUT2D eigenvalue weighted by atomic mass is 16.5. The third-order valence-electron chi connectivity index (χ3n) is 5.62. The Morgan fingerprint density at radius 3 is 2.63 bits per heavy atom. The molecule has 2 N–H and O–H groups in total. The number of anilines is 1. The first kappa shape index (κ1) is 25.4. The summed E-state index contributed by atoms with van der Waals surface area (Å²) in [5, 5.41) is 15.2. The van der Waals surface area contributed by atoms with Crippen LogP contribution in [0.25, 0.3) is 6.08 Å². The number of rotatable bonds is 9. The average molecular weight is 472 g/mol. The van der Waals surface area contributed by atoms with Crippen LogP contribution < -0.4 is 10.6 Å². The zero-order valence-electron chi connectivity index (χ0n) is 20.3. The van der Waals surface area contributed by atoms with Gasteiger partial charge in [0.1, 0.15) is 11.6 Å². The number of aromatic nitrogens is 2. The maximum Gasteiger partial charge on any atom is 0.262 e. The molecule has 3 aromatic rings. The van der Waals surface area contributed by atoms with Gasteiger partial charge in [0.25, 0.3) is 11.8 Å². The topological polar surface area (TPSA) is 109 Å². The molecule has 3 rings (SSSR count). The summed E-state index contributed by atoms with van der Waals surface area (Å²) in [7, 11) is 1.66. The van der Waals surface area contributed by atoms with Gasteiger partial charge in [-0.05, 0) is 68.3 Å². The number of nitriles is 1. The Labute approximate surface area is 205 Å². The number of hydrogen-bond acceptors (Lipinski definition) is 5. The number of benzene rings is 1. The molecule has 8 heteroatoms. The normalized spacial score (nSPS) is 12.0. The van der Waals surface area contributed by atoms with Crippen molar-refractivity contribution in [2.24, 2.45) is 0 Å². The van der Waals surface area contributed by atoms with Gasteiger partial charge in [-0.3, -0.25) is 14.6 Å². The molecule has 0 fully saturated rings. The Balaban J connectivity index is 1.68. The Morgan fingerprint density at radius 1 is 1.20 bits per heavy atom. The molecule has 2 heterocycles. The number of nitrogens with zero attached hydrogens (tertiary/aromatic N) is 3. The minimum absolute atomic E-state index is 0.0202. The third-order valence-corrected chi connectivity index (χ3v) is 5.62. The van der Waals surface area contributed by atoms with Crippen molar-refractivity contribution in [2.75, 3.05) is 19.0 Å². The Hall–Kier alpha value is -4.22. The molecule has 0 aliphatic carbocycles. The molecule has 2 amide bonds. The minimum Gasteiger partial charge on any atom is -0.383 e. The second-order valence-electron chi connectivity index (χ2n) is 8.24. The maximum absolute atomic E-state index is 12.7. The van der Waals surface area contributed by atoms with E-state index in [1.54, 1.807) is 55.9 Å². The third kappa shape index (κ3) is 6.43. The average Bonchev–Trinajstić information content (AvgIpc) is 3.14. The molecular formula is C27H29N5O3. The Bertz CT molecular complexity index is 1270. The lowest BCUT2D eigenvalue weighted by molar-refractivity contribution is -0.117. The SMILES string of the molecule is COCC(C)n1c(C)cc(/C=C(\C#N)C(=O)NCc2cccc(NC(=O)c3ccncc3)c2)c1C. The van der Waals surface area contributed by atoms with E-state index < -0.39 is 5.91 Å². The van der Waals surface area contributed by atoms with Gasteiger partial charge < -0.3 is 19.9 Å². The fourth-order valence-electron chi connectivity index (χ4n) is 3.99. The van der Waals surface area contributed by atoms with Crippen molar-refractivity contribution in [1.82, 2.24) is 14.9 Å². The largest absolute Gasteiger partial charge is 0.383 e. The molecular weight excluding hydrogens is 442 g/mol. The molecule has 8 nitrogen and oxygen atoms in total. The predicted octanol–water partition coefficient (Wildman–Crippen LogP) is 4.18. The van der Waals surface area contributed by atoms with Gasteiger partial charge in [-0.25, -0.2) is 0 Å². The van der Waals surface area contributed by atoms with Crippen LogP contribution in [-0.4, -0.2) is 35.1 Å². The van der Waals surface area contributed by atoms with Crippen LogP contribution in [-0.2, 0) is 16.1 Å². The number of ether oxygens (including phenoxy) is 1. The van der Waals surface area contributed by atoms with Crippen LogP contribution in [0.4, 0.5) is 5.69 Å². The van der Waals surface area contributed by atoms with Crippen molar-refractivity contribution in [2.45, 2.75) is 33.4 Å². The van der Waals surface area contributed by atoms with Gasteiger partial charge in [0.2, 0.25) is 0 Å². The molecule has 180 valence electrons. The highest BCUT2D eigenvalue weighted by Crippen LogP contribution is 2.23. The van der Waals surface area contributed by atoms with E-state index in [0.29, 0.717) is 17.9 Å². The second kappa shape index (κ2) is 11.8. The molecule has 0 aliphatic rings. The van der Waals surface area contributed by atoms with E-state index in [9.17, 15) is 14.9 Å². The molecule has 0 saturated heterocycles. The zero-order chi connectivity index (χ0) is 25.4. The molecule has 0 spiro atoms. The van der Waals surface area contributed by atoms with Gasteiger partial charge >= 0.3 is 0 Å². The van der Waals surface area contributed by atoms with E-state index in [2.05, 4.69) is 27.1 Å². The molecule has 0 saturated carbocycles. The van der Waals surface area contributed by atoms with Gasteiger partial charge in [0, 0.05) is 48.7 Å². The predicted molar refractivity (Wildman–Crippen MR) is 135 cm³/mol. The van der Waals surface area contributed by atoms with Gasteiger partial charge in [-0.1, -0.05) is 12.1 Å². The van der Waals surface area contributed by atoms with Crippen molar-refractivity contribution in [3.63, 3.8) is 0 Å². The minimum atomic E-state index is -0.464. The van der Waals surface area contributed by atoms with Crippen LogP contribution in [0, 0.1) is 25.2 Å². The van der Waals surface area contributed by atoms with E-state index in [-0.39, 0.29) is 24.1 Å².